The van der Waals surface area contributed by atoms with Crippen LogP contribution in [0, 0.1) is 0 Å². The van der Waals surface area contributed by atoms with Crippen molar-refractivity contribution in [2.75, 3.05) is 14.1 Å². The zero-order valence-corrected chi connectivity index (χ0v) is 16.3. The van der Waals surface area contributed by atoms with Crippen LogP contribution in [0.3, 0.4) is 0 Å². The van der Waals surface area contributed by atoms with Crippen LogP contribution in [-0.4, -0.2) is 42.6 Å². The number of nitrogens with one attached hydrogen (secondary N) is 1. The van der Waals surface area contributed by atoms with E-state index in [-0.39, 0.29) is 0 Å². The summed E-state index contributed by atoms with van der Waals surface area (Å²) in [4.78, 5) is 37.2. The average molecular weight is 379 g/mol. The average Bonchev–Trinajstić information content (AvgIpc) is 2.66. The number of Topliss-reactive ketones (excluding diaryl/α,β-unsaturated/α-hetero) is 1. The van der Waals surface area contributed by atoms with Gasteiger partial charge in [-0.25, -0.2) is 0 Å². The smallest absolute Gasteiger partial charge is 0.287 e. The Kier molecular flexibility index (Phi) is 7.23. The van der Waals surface area contributed by atoms with Crippen molar-refractivity contribution < 1.29 is 14.4 Å². The second kappa shape index (κ2) is 9.62. The molecule has 0 heterocycles. The van der Waals surface area contributed by atoms with Gasteiger partial charge in [0.1, 0.15) is 0 Å². The summed E-state index contributed by atoms with van der Waals surface area (Å²) < 4.78 is 0. The number of nitrogens with zero attached hydrogens (tertiary/aromatic N) is 1. The zero-order valence-electron chi connectivity index (χ0n) is 16.3. The van der Waals surface area contributed by atoms with Gasteiger partial charge >= 0.3 is 0 Å². The number of benzene rings is 2. The summed E-state index contributed by atoms with van der Waals surface area (Å²) in [7, 11) is 4.04. The first-order chi connectivity index (χ1) is 13.3. The number of ketones is 1. The molecule has 0 saturated carbocycles. The number of carbonyl (C=O) groups excluding carboxylic acids is 3. The fourth-order valence-corrected chi connectivity index (χ4v) is 2.69. The highest BCUT2D eigenvalue weighted by molar-refractivity contribution is 6.37. The summed E-state index contributed by atoms with van der Waals surface area (Å²) in [5.41, 5.74) is 8.32. The highest BCUT2D eigenvalue weighted by atomic mass is 16.2. The Hall–Kier alpha value is -3.25. The topological polar surface area (TPSA) is 92.5 Å². The normalized spacial score (nSPS) is 12.1. The van der Waals surface area contributed by atoms with Crippen LogP contribution in [0.25, 0.3) is 12.2 Å². The molecule has 28 heavy (non-hydrogen) atoms. The minimum Gasteiger partial charge on any atom is -0.363 e. The van der Waals surface area contributed by atoms with Crippen molar-refractivity contribution in [1.82, 2.24) is 10.2 Å². The van der Waals surface area contributed by atoms with Crippen LogP contribution in [-0.2, 0) is 16.1 Å². The monoisotopic (exact) mass is 379 g/mol. The number of hydrogen-bond donors (Lipinski definition) is 2. The van der Waals surface area contributed by atoms with Crippen LogP contribution in [0.2, 0.25) is 0 Å². The van der Waals surface area contributed by atoms with Crippen molar-refractivity contribution in [1.29, 1.82) is 0 Å². The van der Waals surface area contributed by atoms with E-state index < -0.39 is 23.6 Å². The van der Waals surface area contributed by atoms with Gasteiger partial charge in [-0.2, -0.15) is 0 Å². The molecule has 6 nitrogen and oxygen atoms in total. The van der Waals surface area contributed by atoms with Crippen LogP contribution in [0.15, 0.2) is 48.5 Å². The lowest BCUT2D eigenvalue weighted by Crippen LogP contribution is -2.44. The highest BCUT2D eigenvalue weighted by Crippen LogP contribution is 2.15. The third-order valence-electron chi connectivity index (χ3n) is 4.12. The Morgan fingerprint density at radius 1 is 1.04 bits per heavy atom. The van der Waals surface area contributed by atoms with Crippen LogP contribution in [0.5, 0.6) is 0 Å². The van der Waals surface area contributed by atoms with Gasteiger partial charge in [0, 0.05) is 12.1 Å². The Morgan fingerprint density at radius 2 is 1.68 bits per heavy atom. The first-order valence-electron chi connectivity index (χ1n) is 8.93. The zero-order chi connectivity index (χ0) is 20.7. The molecule has 0 aliphatic heterocycles. The summed E-state index contributed by atoms with van der Waals surface area (Å²) in [6, 6.07) is 14.2. The van der Waals surface area contributed by atoms with E-state index in [0.717, 1.165) is 12.1 Å². The molecule has 146 valence electrons. The largest absolute Gasteiger partial charge is 0.363 e. The lowest BCUT2D eigenvalue weighted by atomic mass is 10.0. The minimum atomic E-state index is -1.07. The third-order valence-corrected chi connectivity index (χ3v) is 4.12. The molecule has 0 bridgehead atoms. The van der Waals surface area contributed by atoms with Crippen molar-refractivity contribution >= 4 is 29.7 Å². The number of rotatable bonds is 8. The molecule has 0 fully saturated rings. The summed E-state index contributed by atoms with van der Waals surface area (Å²) in [5.74, 6) is -2.35. The van der Waals surface area contributed by atoms with Crippen molar-refractivity contribution in [3.8, 4) is 0 Å². The first-order valence-corrected chi connectivity index (χ1v) is 8.93. The predicted octanol–water partition coefficient (Wildman–Crippen LogP) is 2.09. The minimum absolute atomic E-state index is 0.409. The molecule has 0 saturated heterocycles. The van der Waals surface area contributed by atoms with Crippen molar-refractivity contribution in [2.45, 2.75) is 19.5 Å². The number of carbonyl (C=O) groups is 3. The molecule has 1 unspecified atom stereocenters. The molecule has 0 aliphatic carbocycles. The van der Waals surface area contributed by atoms with E-state index in [1.165, 1.54) is 12.5 Å². The van der Waals surface area contributed by atoms with Gasteiger partial charge < -0.3 is 16.0 Å². The van der Waals surface area contributed by atoms with Gasteiger partial charge in [0.2, 0.25) is 5.78 Å². The summed E-state index contributed by atoms with van der Waals surface area (Å²) in [5, 5.41) is 2.51. The van der Waals surface area contributed by atoms with E-state index in [0.29, 0.717) is 11.1 Å². The first kappa shape index (κ1) is 21.1. The van der Waals surface area contributed by atoms with Gasteiger partial charge in [-0.3, -0.25) is 14.4 Å². The van der Waals surface area contributed by atoms with E-state index in [4.69, 9.17) is 5.73 Å². The maximum atomic E-state index is 12.5. The molecule has 2 amide bonds. The van der Waals surface area contributed by atoms with Crippen molar-refractivity contribution in [2.24, 2.45) is 5.73 Å². The maximum Gasteiger partial charge on any atom is 0.287 e. The molecular formula is C22H25N3O3. The van der Waals surface area contributed by atoms with Crippen LogP contribution >= 0.6 is 0 Å². The number of nitrogens with two attached hydrogens (primary N) is 1. The Bertz CT molecular complexity index is 886. The molecule has 2 aromatic carbocycles. The van der Waals surface area contributed by atoms with Gasteiger partial charge in [-0.05, 0) is 43.8 Å². The second-order valence-corrected chi connectivity index (χ2v) is 6.82. The fraction of sp³-hybridized carbons (Fsp3) is 0.227. The van der Waals surface area contributed by atoms with Crippen molar-refractivity contribution in [3.63, 3.8) is 0 Å². The summed E-state index contributed by atoms with van der Waals surface area (Å²) in [6.07, 6.45) is 3.76. The second-order valence-electron chi connectivity index (χ2n) is 6.82. The molecule has 1 atom stereocenters. The van der Waals surface area contributed by atoms with Gasteiger partial charge in [0.25, 0.3) is 11.8 Å². The standard InChI is InChI=1S/C22H25N3O3/c1-15(20(26)21(23)27)24-22(28)19-7-5-4-6-18(19)13-12-16-8-10-17(11-9-16)14-25(2)3/h4-13,15H,14H2,1-3H3,(H2,23,27)(H,24,28)/b13-12+. The molecule has 3 N–H and O–H groups in total. The molecule has 0 spiro atoms. The summed E-state index contributed by atoms with van der Waals surface area (Å²) >= 11 is 0. The molecule has 2 rings (SSSR count). The molecule has 6 heteroatoms. The van der Waals surface area contributed by atoms with Gasteiger partial charge in [0.05, 0.1) is 6.04 Å². The number of primary amides is 1. The van der Waals surface area contributed by atoms with E-state index in [1.54, 1.807) is 12.1 Å². The number of amides is 2. The Balaban J connectivity index is 2.15. The van der Waals surface area contributed by atoms with Gasteiger partial charge in [-0.1, -0.05) is 54.6 Å². The van der Waals surface area contributed by atoms with E-state index in [9.17, 15) is 14.4 Å². The summed E-state index contributed by atoms with van der Waals surface area (Å²) in [6.45, 7) is 2.30. The molecular weight excluding hydrogens is 354 g/mol. The Labute approximate surface area is 165 Å². The molecule has 0 aromatic heterocycles. The SMILES string of the molecule is CC(NC(=O)c1ccccc1/C=C/c1ccc(CN(C)C)cc1)C(=O)C(N)=O. The van der Waals surface area contributed by atoms with Crippen LogP contribution < -0.4 is 11.1 Å². The lowest BCUT2D eigenvalue weighted by molar-refractivity contribution is -0.136. The van der Waals surface area contributed by atoms with Crippen molar-refractivity contribution in [3.05, 3.63) is 70.8 Å². The van der Waals surface area contributed by atoms with E-state index >= 15 is 0 Å². The van der Waals surface area contributed by atoms with E-state index in [2.05, 4.69) is 22.3 Å². The quantitative estimate of drug-likeness (QED) is 0.543. The maximum absolute atomic E-state index is 12.5. The van der Waals surface area contributed by atoms with Gasteiger partial charge in [-0.15, -0.1) is 0 Å². The number of hydrogen-bond acceptors (Lipinski definition) is 4. The molecule has 0 radical (unpaired) electrons. The van der Waals surface area contributed by atoms with Crippen LogP contribution in [0.4, 0.5) is 0 Å². The van der Waals surface area contributed by atoms with Gasteiger partial charge in [0.15, 0.2) is 0 Å². The fourth-order valence-electron chi connectivity index (χ4n) is 2.69. The molecule has 2 aromatic rings. The third kappa shape index (κ3) is 5.89. The van der Waals surface area contributed by atoms with Crippen LogP contribution in [0.1, 0.15) is 34.0 Å². The predicted molar refractivity (Wildman–Crippen MR) is 110 cm³/mol. The van der Waals surface area contributed by atoms with E-state index in [1.807, 2.05) is 50.5 Å². The Morgan fingerprint density at radius 3 is 2.29 bits per heavy atom. The molecule has 0 aliphatic rings. The highest BCUT2D eigenvalue weighted by Gasteiger charge is 2.21. The lowest BCUT2D eigenvalue weighted by Gasteiger charge is -2.12.